The van der Waals surface area contributed by atoms with Crippen molar-refractivity contribution in [2.45, 2.75) is 71.1 Å². The third-order valence-electron chi connectivity index (χ3n) is 7.75. The topological polar surface area (TPSA) is 133 Å². The van der Waals surface area contributed by atoms with Crippen molar-refractivity contribution in [2.75, 3.05) is 25.1 Å². The van der Waals surface area contributed by atoms with Gasteiger partial charge < -0.3 is 14.4 Å². The molecule has 0 atom stereocenters. The molecular formula is C32H36ClFN8O3. The normalized spacial score (nSPS) is 15.1. The summed E-state index contributed by atoms with van der Waals surface area (Å²) in [5.41, 5.74) is -0.662. The van der Waals surface area contributed by atoms with Crippen molar-refractivity contribution >= 4 is 34.7 Å². The molecule has 5 rings (SSSR count). The molecule has 13 heteroatoms. The molecule has 1 aliphatic rings. The summed E-state index contributed by atoms with van der Waals surface area (Å²) in [4.78, 5) is 30.9. The standard InChI is InChI=1S/C32H36ClFN8O3/c1-30(2,3)42(29(43)45-31(4,5)6)32(20-10-8-9-11-21(20)34)13-16-41(17-14-32)28-37-22(18-35)23-25(39-40-26(23)38-28)19-12-15-36-27(44-7)24(19)33/h8-12,15H,13-14,16-17H2,1-7H3,(H,37,38,39,40). The Bertz CT molecular complexity index is 1780. The molecule has 11 nitrogen and oxygen atoms in total. The zero-order valence-electron chi connectivity index (χ0n) is 26.4. The van der Waals surface area contributed by atoms with E-state index in [1.54, 1.807) is 35.4 Å². The number of benzene rings is 1. The van der Waals surface area contributed by atoms with Crippen LogP contribution in [-0.4, -0.2) is 67.5 Å². The molecule has 236 valence electrons. The van der Waals surface area contributed by atoms with Crippen molar-refractivity contribution in [3.8, 4) is 23.2 Å². The van der Waals surface area contributed by atoms with Gasteiger partial charge in [-0.3, -0.25) is 10.00 Å². The fourth-order valence-electron chi connectivity index (χ4n) is 6.02. The van der Waals surface area contributed by atoms with Crippen LogP contribution in [0.2, 0.25) is 5.02 Å². The van der Waals surface area contributed by atoms with Crippen LogP contribution >= 0.6 is 11.6 Å². The van der Waals surface area contributed by atoms with E-state index in [0.717, 1.165) is 0 Å². The number of nitrogens with zero attached hydrogens (tertiary/aromatic N) is 7. The van der Waals surface area contributed by atoms with Gasteiger partial charge in [-0.2, -0.15) is 15.3 Å². The lowest BCUT2D eigenvalue weighted by Crippen LogP contribution is -2.62. The summed E-state index contributed by atoms with van der Waals surface area (Å²) in [7, 11) is 1.47. The molecular weight excluding hydrogens is 599 g/mol. The van der Waals surface area contributed by atoms with Gasteiger partial charge in [0.15, 0.2) is 11.3 Å². The van der Waals surface area contributed by atoms with Gasteiger partial charge in [-0.25, -0.2) is 19.2 Å². The van der Waals surface area contributed by atoms with Crippen LogP contribution in [0, 0.1) is 17.1 Å². The average molecular weight is 635 g/mol. The Balaban J connectivity index is 1.54. The summed E-state index contributed by atoms with van der Waals surface area (Å²) in [6.07, 6.45) is 1.73. The largest absolute Gasteiger partial charge is 0.480 e. The summed E-state index contributed by atoms with van der Waals surface area (Å²) in [5.74, 6) is 0.135. The quantitative estimate of drug-likeness (QED) is 0.257. The molecule has 1 N–H and O–H groups in total. The second-order valence-electron chi connectivity index (χ2n) is 12.9. The molecule has 0 unspecified atom stereocenters. The number of carbonyl (C=O) groups is 1. The minimum atomic E-state index is -1.03. The van der Waals surface area contributed by atoms with Gasteiger partial charge >= 0.3 is 6.09 Å². The first-order valence-corrected chi connectivity index (χ1v) is 15.0. The number of piperidine rings is 1. The van der Waals surface area contributed by atoms with Gasteiger partial charge in [0, 0.05) is 36.0 Å². The van der Waals surface area contributed by atoms with E-state index < -0.39 is 28.6 Å². The molecule has 1 amide bonds. The van der Waals surface area contributed by atoms with E-state index in [1.807, 2.05) is 46.4 Å². The van der Waals surface area contributed by atoms with Crippen molar-refractivity contribution in [3.05, 3.63) is 58.6 Å². The van der Waals surface area contributed by atoms with Gasteiger partial charge in [-0.1, -0.05) is 29.8 Å². The van der Waals surface area contributed by atoms with Crippen molar-refractivity contribution in [1.29, 1.82) is 5.26 Å². The summed E-state index contributed by atoms with van der Waals surface area (Å²) in [5, 5.41) is 18.1. The number of carbonyl (C=O) groups excluding carboxylic acids is 1. The Morgan fingerprint density at radius 3 is 2.42 bits per heavy atom. The predicted molar refractivity (Wildman–Crippen MR) is 169 cm³/mol. The van der Waals surface area contributed by atoms with Gasteiger partial charge in [0.25, 0.3) is 0 Å². The maximum absolute atomic E-state index is 15.6. The van der Waals surface area contributed by atoms with Crippen molar-refractivity contribution in [2.24, 2.45) is 0 Å². The number of nitriles is 1. The first-order chi connectivity index (χ1) is 21.2. The Kier molecular flexibility index (Phi) is 8.35. The maximum atomic E-state index is 15.6. The molecule has 0 radical (unpaired) electrons. The number of methoxy groups -OCH3 is 1. The molecule has 0 saturated carbocycles. The highest BCUT2D eigenvalue weighted by molar-refractivity contribution is 6.34. The SMILES string of the molecule is COc1nccc(-c2[nH]nc3nc(N4CCC(c5ccccc5F)(N(C(=O)OC(C)(C)C)C(C)(C)C)CC4)nc(C#N)c23)c1Cl. The predicted octanol–water partition coefficient (Wildman–Crippen LogP) is 6.62. The fraction of sp³-hybridized carbons (Fsp3) is 0.438. The van der Waals surface area contributed by atoms with E-state index in [-0.39, 0.29) is 22.2 Å². The van der Waals surface area contributed by atoms with Crippen LogP contribution in [-0.2, 0) is 10.3 Å². The van der Waals surface area contributed by atoms with E-state index in [9.17, 15) is 10.1 Å². The van der Waals surface area contributed by atoms with Crippen LogP contribution in [0.3, 0.4) is 0 Å². The lowest BCUT2D eigenvalue weighted by Gasteiger charge is -2.53. The summed E-state index contributed by atoms with van der Waals surface area (Å²) in [6.45, 7) is 11.9. The van der Waals surface area contributed by atoms with E-state index in [0.29, 0.717) is 54.1 Å². The molecule has 0 aliphatic carbocycles. The minimum Gasteiger partial charge on any atom is -0.480 e. The summed E-state index contributed by atoms with van der Waals surface area (Å²) < 4.78 is 26.7. The molecule has 1 aromatic carbocycles. The molecule has 1 aliphatic heterocycles. The second-order valence-corrected chi connectivity index (χ2v) is 13.3. The Morgan fingerprint density at radius 2 is 1.82 bits per heavy atom. The lowest BCUT2D eigenvalue weighted by molar-refractivity contribution is -0.0469. The highest BCUT2D eigenvalue weighted by Gasteiger charge is 2.51. The number of nitrogens with one attached hydrogen (secondary N) is 1. The first kappa shape index (κ1) is 31.9. The highest BCUT2D eigenvalue weighted by atomic mass is 35.5. The number of hydrogen-bond acceptors (Lipinski definition) is 9. The number of hydrogen-bond donors (Lipinski definition) is 1. The van der Waals surface area contributed by atoms with E-state index in [4.69, 9.17) is 26.1 Å². The monoisotopic (exact) mass is 634 g/mol. The Labute approximate surface area is 266 Å². The Hall–Kier alpha value is -4.50. The zero-order chi connectivity index (χ0) is 32.7. The lowest BCUT2D eigenvalue weighted by atomic mass is 9.76. The summed E-state index contributed by atoms with van der Waals surface area (Å²) >= 11 is 6.52. The average Bonchev–Trinajstić information content (AvgIpc) is 3.39. The van der Waals surface area contributed by atoms with Crippen LogP contribution in [0.1, 0.15) is 65.6 Å². The van der Waals surface area contributed by atoms with Gasteiger partial charge in [-0.15, -0.1) is 0 Å². The number of anilines is 1. The van der Waals surface area contributed by atoms with Gasteiger partial charge in [0.05, 0.1) is 23.7 Å². The second kappa shape index (κ2) is 11.8. The molecule has 4 aromatic rings. The van der Waals surface area contributed by atoms with Gasteiger partial charge in [0.2, 0.25) is 11.8 Å². The third kappa shape index (κ3) is 5.96. The van der Waals surface area contributed by atoms with Gasteiger partial charge in [-0.05, 0) is 66.5 Å². The van der Waals surface area contributed by atoms with Crippen LogP contribution in [0.5, 0.6) is 5.88 Å². The number of halogens is 2. The van der Waals surface area contributed by atoms with Crippen LogP contribution in [0.4, 0.5) is 15.1 Å². The number of aromatic amines is 1. The first-order valence-electron chi connectivity index (χ1n) is 14.6. The molecule has 0 bridgehead atoms. The smallest absolute Gasteiger partial charge is 0.411 e. The molecule has 3 aromatic heterocycles. The number of ether oxygens (including phenoxy) is 2. The third-order valence-corrected chi connectivity index (χ3v) is 8.12. The van der Waals surface area contributed by atoms with Crippen molar-refractivity contribution < 1.29 is 18.7 Å². The number of pyridine rings is 1. The van der Waals surface area contributed by atoms with Crippen LogP contribution < -0.4 is 9.64 Å². The number of amides is 1. The highest BCUT2D eigenvalue weighted by Crippen LogP contribution is 2.45. The van der Waals surface area contributed by atoms with Gasteiger partial charge in [0.1, 0.15) is 22.5 Å². The van der Waals surface area contributed by atoms with E-state index >= 15 is 4.39 Å². The molecule has 4 heterocycles. The zero-order valence-corrected chi connectivity index (χ0v) is 27.2. The maximum Gasteiger partial charge on any atom is 0.411 e. The van der Waals surface area contributed by atoms with Crippen LogP contribution in [0.15, 0.2) is 36.5 Å². The Morgan fingerprint density at radius 1 is 1.13 bits per heavy atom. The number of fused-ring (bicyclic) bond motifs is 1. The molecule has 1 saturated heterocycles. The molecule has 1 fully saturated rings. The van der Waals surface area contributed by atoms with Crippen molar-refractivity contribution in [1.82, 2.24) is 30.0 Å². The van der Waals surface area contributed by atoms with E-state index in [1.165, 1.54) is 13.2 Å². The minimum absolute atomic E-state index is 0.113. The summed E-state index contributed by atoms with van der Waals surface area (Å²) in [6, 6.07) is 10.4. The number of H-pyrrole nitrogens is 1. The van der Waals surface area contributed by atoms with Crippen molar-refractivity contribution in [3.63, 3.8) is 0 Å². The van der Waals surface area contributed by atoms with E-state index in [2.05, 4.69) is 26.2 Å². The fourth-order valence-corrected chi connectivity index (χ4v) is 6.30. The molecule has 45 heavy (non-hydrogen) atoms. The van der Waals surface area contributed by atoms with Crippen LogP contribution in [0.25, 0.3) is 22.3 Å². The number of rotatable bonds is 5. The molecule has 0 spiro atoms. The number of aromatic nitrogens is 5.